The third-order valence-corrected chi connectivity index (χ3v) is 16.2. The van der Waals surface area contributed by atoms with Gasteiger partial charge in [-0.25, -0.2) is 0 Å². The lowest BCUT2D eigenvalue weighted by molar-refractivity contribution is 0.488. The Labute approximate surface area is 155 Å². The molecule has 0 amide bonds. The summed E-state index contributed by atoms with van der Waals surface area (Å²) in [6.45, 7) is 2.31. The van der Waals surface area contributed by atoms with Gasteiger partial charge in [0.15, 0.2) is 0 Å². The lowest BCUT2D eigenvalue weighted by Crippen LogP contribution is -2.22. The van der Waals surface area contributed by atoms with E-state index in [0.717, 1.165) is 11.3 Å². The fraction of sp³-hybridized carbons (Fsp3) is 1.00. The van der Waals surface area contributed by atoms with Crippen molar-refractivity contribution in [2.75, 3.05) is 5.75 Å². The van der Waals surface area contributed by atoms with Gasteiger partial charge in [0.2, 0.25) is 0 Å². The van der Waals surface area contributed by atoms with Crippen molar-refractivity contribution in [3.05, 3.63) is 0 Å². The summed E-state index contributed by atoms with van der Waals surface area (Å²) in [4.78, 5) is 0. The van der Waals surface area contributed by atoms with Crippen LogP contribution < -0.4 is 0 Å². The SMILES string of the molecule is CCCCCCCCSP(=S)(C1CCCCC1)C1CCCCC1. The van der Waals surface area contributed by atoms with Crippen LogP contribution in [-0.4, -0.2) is 17.1 Å². The molecule has 3 heteroatoms. The summed E-state index contributed by atoms with van der Waals surface area (Å²) in [6, 6.07) is 0. The zero-order valence-corrected chi connectivity index (χ0v) is 18.0. The van der Waals surface area contributed by atoms with E-state index >= 15 is 0 Å². The Kier molecular flexibility index (Phi) is 10.2. The van der Waals surface area contributed by atoms with Crippen molar-refractivity contribution in [1.29, 1.82) is 0 Å². The molecule has 0 heterocycles. The predicted molar refractivity (Wildman–Crippen MR) is 114 cm³/mol. The molecular weight excluding hydrogens is 335 g/mol. The quantitative estimate of drug-likeness (QED) is 0.279. The largest absolute Gasteiger partial charge is 0.123 e. The zero-order valence-electron chi connectivity index (χ0n) is 15.4. The minimum absolute atomic E-state index is 0.944. The average molecular weight is 375 g/mol. The lowest BCUT2D eigenvalue weighted by Gasteiger charge is -2.41. The van der Waals surface area contributed by atoms with Crippen molar-refractivity contribution in [3.8, 4) is 0 Å². The van der Waals surface area contributed by atoms with Gasteiger partial charge in [0.05, 0.1) is 0 Å². The number of hydrogen-bond donors (Lipinski definition) is 0. The number of rotatable bonds is 10. The van der Waals surface area contributed by atoms with E-state index < -0.39 is 5.24 Å². The molecule has 0 bridgehead atoms. The van der Waals surface area contributed by atoms with Gasteiger partial charge in [-0.15, -0.1) is 11.4 Å². The van der Waals surface area contributed by atoms with Gasteiger partial charge >= 0.3 is 0 Å². The Balaban J connectivity index is 1.82. The van der Waals surface area contributed by atoms with E-state index in [1.54, 1.807) is 0 Å². The summed E-state index contributed by atoms with van der Waals surface area (Å²) in [5.74, 6) is 1.37. The van der Waals surface area contributed by atoms with Gasteiger partial charge in [-0.1, -0.05) is 89.4 Å². The van der Waals surface area contributed by atoms with Crippen LogP contribution in [0.1, 0.15) is 110 Å². The third kappa shape index (κ3) is 6.67. The second-order valence-corrected chi connectivity index (χ2v) is 16.3. The molecule has 0 aromatic rings. The highest BCUT2D eigenvalue weighted by Gasteiger charge is 2.37. The Bertz CT molecular complexity index is 322. The van der Waals surface area contributed by atoms with Crippen molar-refractivity contribution in [3.63, 3.8) is 0 Å². The van der Waals surface area contributed by atoms with Gasteiger partial charge in [-0.2, -0.15) is 0 Å². The highest BCUT2D eigenvalue weighted by Crippen LogP contribution is 2.71. The smallest absolute Gasteiger partial charge is 0.0124 e. The maximum atomic E-state index is 6.54. The highest BCUT2D eigenvalue weighted by atomic mass is 32.9. The molecule has 0 unspecified atom stereocenters. The molecule has 0 nitrogen and oxygen atoms in total. The average Bonchev–Trinajstić information content (AvgIpc) is 2.62. The van der Waals surface area contributed by atoms with E-state index in [2.05, 4.69) is 18.3 Å². The van der Waals surface area contributed by atoms with Crippen LogP contribution in [0.3, 0.4) is 0 Å². The van der Waals surface area contributed by atoms with Gasteiger partial charge in [0.1, 0.15) is 0 Å². The minimum atomic E-state index is -1.18. The maximum Gasteiger partial charge on any atom is 0.0124 e. The van der Waals surface area contributed by atoms with Crippen molar-refractivity contribution < 1.29 is 0 Å². The molecular formula is C20H39PS2. The van der Waals surface area contributed by atoms with E-state index in [9.17, 15) is 0 Å². The molecule has 23 heavy (non-hydrogen) atoms. The van der Waals surface area contributed by atoms with E-state index in [1.165, 1.54) is 108 Å². The highest BCUT2D eigenvalue weighted by molar-refractivity contribution is 8.71. The Morgan fingerprint density at radius 1 is 0.739 bits per heavy atom. The molecule has 2 aliphatic carbocycles. The van der Waals surface area contributed by atoms with Gasteiger partial charge in [-0.05, 0) is 49.2 Å². The monoisotopic (exact) mass is 374 g/mol. The van der Waals surface area contributed by atoms with Gasteiger partial charge in [0, 0.05) is 5.24 Å². The Morgan fingerprint density at radius 3 is 1.74 bits per heavy atom. The van der Waals surface area contributed by atoms with E-state index in [-0.39, 0.29) is 0 Å². The predicted octanol–water partition coefficient (Wildman–Crippen LogP) is 8.14. The van der Waals surface area contributed by atoms with Crippen molar-refractivity contribution >= 4 is 28.4 Å². The van der Waals surface area contributed by atoms with Crippen LogP contribution in [0.4, 0.5) is 0 Å². The molecule has 2 aliphatic rings. The number of hydrogen-bond acceptors (Lipinski definition) is 2. The minimum Gasteiger partial charge on any atom is -0.123 e. The molecule has 2 saturated carbocycles. The van der Waals surface area contributed by atoms with Crippen LogP contribution in [0.25, 0.3) is 0 Å². The van der Waals surface area contributed by atoms with Crippen LogP contribution >= 0.6 is 16.6 Å². The molecule has 0 spiro atoms. The van der Waals surface area contributed by atoms with Crippen molar-refractivity contribution in [2.45, 2.75) is 121 Å². The van der Waals surface area contributed by atoms with Crippen LogP contribution in [0, 0.1) is 0 Å². The molecule has 2 fully saturated rings. The molecule has 0 saturated heterocycles. The first-order chi connectivity index (χ1) is 11.3. The molecule has 2 rings (SSSR count). The normalized spacial score (nSPS) is 21.6. The van der Waals surface area contributed by atoms with Gasteiger partial charge in [0.25, 0.3) is 0 Å². The zero-order chi connectivity index (χ0) is 16.4. The summed E-state index contributed by atoms with van der Waals surface area (Å²) < 4.78 is 0. The first-order valence-electron chi connectivity index (χ1n) is 10.5. The Hall–Kier alpha value is 1.00. The maximum absolute atomic E-state index is 6.54. The fourth-order valence-electron chi connectivity index (χ4n) is 4.48. The first kappa shape index (κ1) is 20.3. The van der Waals surface area contributed by atoms with Crippen LogP contribution in [0.5, 0.6) is 0 Å². The molecule has 0 atom stereocenters. The lowest BCUT2D eigenvalue weighted by atomic mass is 10.00. The van der Waals surface area contributed by atoms with Crippen LogP contribution in [-0.2, 0) is 11.8 Å². The fourth-order valence-corrected chi connectivity index (χ4v) is 14.0. The molecule has 0 aromatic carbocycles. The first-order valence-corrected chi connectivity index (χ1v) is 15.0. The molecule has 0 aliphatic heterocycles. The summed E-state index contributed by atoms with van der Waals surface area (Å²) in [7, 11) is 0. The second-order valence-electron chi connectivity index (χ2n) is 7.83. The topological polar surface area (TPSA) is 0 Å². The molecule has 136 valence electrons. The second kappa shape index (κ2) is 11.6. The van der Waals surface area contributed by atoms with Crippen LogP contribution in [0.2, 0.25) is 0 Å². The van der Waals surface area contributed by atoms with E-state index in [0.29, 0.717) is 0 Å². The Morgan fingerprint density at radius 2 is 1.22 bits per heavy atom. The van der Waals surface area contributed by atoms with Crippen LogP contribution in [0.15, 0.2) is 0 Å². The number of unbranched alkanes of at least 4 members (excludes halogenated alkanes) is 5. The molecule has 0 radical (unpaired) electrons. The van der Waals surface area contributed by atoms with Crippen molar-refractivity contribution in [2.24, 2.45) is 0 Å². The standard InChI is InChI=1S/C20H39PS2/c1-2-3-4-5-6-13-18-23-21(22,19-14-9-7-10-15-19)20-16-11-8-12-17-20/h19-20H,2-18H2,1H3. The van der Waals surface area contributed by atoms with Crippen molar-refractivity contribution in [1.82, 2.24) is 0 Å². The van der Waals surface area contributed by atoms with Gasteiger partial charge in [-0.3, -0.25) is 0 Å². The van der Waals surface area contributed by atoms with E-state index in [4.69, 9.17) is 11.8 Å². The summed E-state index contributed by atoms with van der Waals surface area (Å²) >= 11 is 8.86. The summed E-state index contributed by atoms with van der Waals surface area (Å²) in [5, 5.41) is -1.18. The van der Waals surface area contributed by atoms with E-state index in [1.807, 2.05) is 0 Å². The molecule has 0 N–H and O–H groups in total. The van der Waals surface area contributed by atoms with Gasteiger partial charge < -0.3 is 0 Å². The molecule has 0 aromatic heterocycles. The summed E-state index contributed by atoms with van der Waals surface area (Å²) in [5.41, 5.74) is 1.89. The summed E-state index contributed by atoms with van der Waals surface area (Å²) in [6.07, 6.45) is 23.2. The third-order valence-electron chi connectivity index (χ3n) is 5.96.